The van der Waals surface area contributed by atoms with Crippen LogP contribution in [0.25, 0.3) is 0 Å². The maximum atomic E-state index is 12.6. The van der Waals surface area contributed by atoms with Crippen LogP contribution in [0.3, 0.4) is 0 Å². The smallest absolute Gasteiger partial charge is 0.120 e. The molecule has 6 heteroatoms. The molecule has 1 aromatic carbocycles. The molecular weight excluding hydrogens is 288 g/mol. The summed E-state index contributed by atoms with van der Waals surface area (Å²) in [6.07, 6.45) is -0.0208. The summed E-state index contributed by atoms with van der Waals surface area (Å²) in [6, 6.07) is 5.72. The molecule has 0 bridgehead atoms. The molecule has 21 heavy (non-hydrogen) atoms. The summed E-state index contributed by atoms with van der Waals surface area (Å²) in [5.41, 5.74) is 6.46. The Kier molecular flexibility index (Phi) is 5.61. The second-order valence-corrected chi connectivity index (χ2v) is 6.96. The van der Waals surface area contributed by atoms with Crippen LogP contribution in [0.5, 0.6) is 5.75 Å². The molecule has 2 unspecified atom stereocenters. The third-order valence-electron chi connectivity index (χ3n) is 3.70. The van der Waals surface area contributed by atoms with E-state index in [0.717, 1.165) is 13.1 Å². The van der Waals surface area contributed by atoms with Crippen LogP contribution in [-0.2, 0) is 15.5 Å². The van der Waals surface area contributed by atoms with E-state index < -0.39 is 10.8 Å². The summed E-state index contributed by atoms with van der Waals surface area (Å²) < 4.78 is 23.5. The highest BCUT2D eigenvalue weighted by Crippen LogP contribution is 2.24. The lowest BCUT2D eigenvalue weighted by Crippen LogP contribution is -2.47. The molecule has 1 aliphatic rings. The van der Waals surface area contributed by atoms with E-state index in [-0.39, 0.29) is 6.10 Å². The van der Waals surface area contributed by atoms with E-state index in [4.69, 9.17) is 15.2 Å². The number of hydrogen-bond acceptors (Lipinski definition) is 5. The van der Waals surface area contributed by atoms with Gasteiger partial charge in [0.1, 0.15) is 5.75 Å². The van der Waals surface area contributed by atoms with E-state index in [0.29, 0.717) is 34.7 Å². The van der Waals surface area contributed by atoms with Crippen LogP contribution in [0.15, 0.2) is 23.1 Å². The van der Waals surface area contributed by atoms with Gasteiger partial charge < -0.3 is 15.2 Å². The zero-order valence-corrected chi connectivity index (χ0v) is 13.7. The van der Waals surface area contributed by atoms with Crippen molar-refractivity contribution in [2.24, 2.45) is 0 Å². The van der Waals surface area contributed by atoms with Crippen LogP contribution in [0.4, 0.5) is 5.69 Å². The fourth-order valence-electron chi connectivity index (χ4n) is 2.41. The van der Waals surface area contributed by atoms with Gasteiger partial charge in [-0.25, -0.2) is 0 Å². The number of methoxy groups -OCH3 is 1. The number of rotatable bonds is 5. The maximum Gasteiger partial charge on any atom is 0.120 e. The van der Waals surface area contributed by atoms with Gasteiger partial charge in [-0.3, -0.25) is 9.11 Å². The first-order chi connectivity index (χ1) is 10.0. The van der Waals surface area contributed by atoms with Crippen molar-refractivity contribution in [1.82, 2.24) is 4.90 Å². The van der Waals surface area contributed by atoms with Crippen molar-refractivity contribution < 1.29 is 13.7 Å². The summed E-state index contributed by atoms with van der Waals surface area (Å²) >= 11 is 0. The van der Waals surface area contributed by atoms with Gasteiger partial charge >= 0.3 is 0 Å². The molecule has 1 fully saturated rings. The first kappa shape index (κ1) is 16.3. The van der Waals surface area contributed by atoms with E-state index in [1.54, 1.807) is 25.3 Å². The average molecular weight is 312 g/mol. The van der Waals surface area contributed by atoms with Crippen molar-refractivity contribution in [3.8, 4) is 5.75 Å². The van der Waals surface area contributed by atoms with E-state index in [9.17, 15) is 4.21 Å². The molecule has 2 N–H and O–H groups in total. The van der Waals surface area contributed by atoms with Crippen LogP contribution >= 0.6 is 0 Å². The van der Waals surface area contributed by atoms with Gasteiger partial charge in [-0.05, 0) is 32.0 Å². The lowest BCUT2D eigenvalue weighted by Gasteiger charge is -2.35. The van der Waals surface area contributed by atoms with Gasteiger partial charge in [0.25, 0.3) is 0 Å². The highest BCUT2D eigenvalue weighted by Gasteiger charge is 2.25. The first-order valence-electron chi connectivity index (χ1n) is 7.18. The fourth-order valence-corrected chi connectivity index (χ4v) is 3.71. The number of morpholine rings is 1. The summed E-state index contributed by atoms with van der Waals surface area (Å²) in [5.74, 6) is 1.13. The Balaban J connectivity index is 2.04. The van der Waals surface area contributed by atoms with Gasteiger partial charge in [0.05, 0.1) is 41.3 Å². The zero-order chi connectivity index (χ0) is 15.4. The molecule has 0 radical (unpaired) electrons. The van der Waals surface area contributed by atoms with Gasteiger partial charge in [0.15, 0.2) is 0 Å². The van der Waals surface area contributed by atoms with E-state index >= 15 is 0 Å². The molecule has 5 nitrogen and oxygen atoms in total. The molecule has 118 valence electrons. The van der Waals surface area contributed by atoms with E-state index in [1.165, 1.54) is 0 Å². The van der Waals surface area contributed by atoms with Crippen molar-refractivity contribution in [3.63, 3.8) is 0 Å². The Morgan fingerprint density at radius 1 is 1.52 bits per heavy atom. The van der Waals surface area contributed by atoms with Crippen molar-refractivity contribution in [2.75, 3.05) is 38.3 Å². The van der Waals surface area contributed by atoms with Crippen LogP contribution < -0.4 is 10.5 Å². The van der Waals surface area contributed by atoms with Gasteiger partial charge in [-0.15, -0.1) is 0 Å². The monoisotopic (exact) mass is 312 g/mol. The fraction of sp³-hybridized carbons (Fsp3) is 0.600. The second kappa shape index (κ2) is 7.24. The maximum absolute atomic E-state index is 12.6. The molecule has 1 aliphatic heterocycles. The number of nitrogen functional groups attached to an aromatic ring is 1. The normalized spacial score (nSPS) is 21.4. The van der Waals surface area contributed by atoms with E-state index in [1.807, 2.05) is 0 Å². The third kappa shape index (κ3) is 4.18. The summed E-state index contributed by atoms with van der Waals surface area (Å²) in [4.78, 5) is 2.97. The van der Waals surface area contributed by atoms with Crippen LogP contribution in [-0.4, -0.2) is 53.8 Å². The van der Waals surface area contributed by atoms with Gasteiger partial charge in [0.2, 0.25) is 0 Å². The van der Waals surface area contributed by atoms with Gasteiger partial charge in [-0.1, -0.05) is 0 Å². The quantitative estimate of drug-likeness (QED) is 0.835. The molecule has 0 amide bonds. The van der Waals surface area contributed by atoms with Crippen molar-refractivity contribution in [3.05, 3.63) is 18.2 Å². The highest BCUT2D eigenvalue weighted by molar-refractivity contribution is 7.85. The minimum atomic E-state index is -1.19. The summed E-state index contributed by atoms with van der Waals surface area (Å²) in [7, 11) is 0.397. The predicted octanol–water partition coefficient (Wildman–Crippen LogP) is 1.49. The molecule has 0 aromatic heterocycles. The standard InChI is InChI=1S/C15H24N2O3S/c1-11(2)17-6-7-20-13(9-17)10-21(18)15-8-12(19-3)4-5-14(15)16/h4-5,8,11,13H,6-7,9-10,16H2,1-3H3. The molecule has 1 heterocycles. The largest absolute Gasteiger partial charge is 0.497 e. The number of nitrogens with two attached hydrogens (primary N) is 1. The minimum Gasteiger partial charge on any atom is -0.497 e. The summed E-state index contributed by atoms with van der Waals surface area (Å²) in [6.45, 7) is 6.77. The zero-order valence-electron chi connectivity index (χ0n) is 12.9. The van der Waals surface area contributed by atoms with Crippen LogP contribution in [0, 0.1) is 0 Å². The van der Waals surface area contributed by atoms with Crippen molar-refractivity contribution in [1.29, 1.82) is 0 Å². The number of ether oxygens (including phenoxy) is 2. The van der Waals surface area contributed by atoms with Crippen molar-refractivity contribution >= 4 is 16.5 Å². The van der Waals surface area contributed by atoms with Crippen LogP contribution in [0.2, 0.25) is 0 Å². The van der Waals surface area contributed by atoms with E-state index in [2.05, 4.69) is 18.7 Å². The molecule has 0 spiro atoms. The first-order valence-corrected chi connectivity index (χ1v) is 8.50. The number of nitrogens with zero attached hydrogens (tertiary/aromatic N) is 1. The molecule has 1 aromatic rings. The lowest BCUT2D eigenvalue weighted by molar-refractivity contribution is -0.0268. The van der Waals surface area contributed by atoms with Gasteiger partial charge in [0, 0.05) is 24.8 Å². The van der Waals surface area contributed by atoms with Crippen molar-refractivity contribution in [2.45, 2.75) is 30.9 Å². The Morgan fingerprint density at radius 2 is 2.29 bits per heavy atom. The SMILES string of the molecule is COc1ccc(N)c(S(=O)CC2CN(C(C)C)CCO2)c1. The molecule has 2 atom stereocenters. The predicted molar refractivity (Wildman–Crippen MR) is 85.1 cm³/mol. The molecule has 2 rings (SSSR count). The third-order valence-corrected chi connectivity index (χ3v) is 5.22. The summed E-state index contributed by atoms with van der Waals surface area (Å²) in [5, 5.41) is 0. The number of benzene rings is 1. The Hall–Kier alpha value is -1.11. The second-order valence-electron chi connectivity index (χ2n) is 5.50. The Bertz CT molecular complexity index is 508. The minimum absolute atomic E-state index is 0.0208. The number of hydrogen-bond donors (Lipinski definition) is 1. The van der Waals surface area contributed by atoms with Crippen LogP contribution in [0.1, 0.15) is 13.8 Å². The topological polar surface area (TPSA) is 64.8 Å². The average Bonchev–Trinajstić information content (AvgIpc) is 2.48. The Morgan fingerprint density at radius 3 is 2.95 bits per heavy atom. The molecule has 0 saturated carbocycles. The number of anilines is 1. The molecule has 1 saturated heterocycles. The lowest BCUT2D eigenvalue weighted by atomic mass is 10.2. The molecular formula is C15H24N2O3S. The molecule has 0 aliphatic carbocycles. The Labute approximate surface area is 128 Å². The van der Waals surface area contributed by atoms with Gasteiger partial charge in [-0.2, -0.15) is 0 Å². The highest BCUT2D eigenvalue weighted by atomic mass is 32.2.